The molecule has 0 saturated carbocycles. The van der Waals surface area contributed by atoms with Gasteiger partial charge in [0.2, 0.25) is 5.91 Å². The van der Waals surface area contributed by atoms with Crippen LogP contribution in [0.3, 0.4) is 0 Å². The van der Waals surface area contributed by atoms with Gasteiger partial charge in [0.25, 0.3) is 0 Å². The van der Waals surface area contributed by atoms with Gasteiger partial charge < -0.3 is 15.0 Å². The van der Waals surface area contributed by atoms with Crippen molar-refractivity contribution in [3.63, 3.8) is 0 Å². The van der Waals surface area contributed by atoms with Crippen LogP contribution < -0.4 is 10.2 Å². The summed E-state index contributed by atoms with van der Waals surface area (Å²) in [5.41, 5.74) is 4.59. The van der Waals surface area contributed by atoms with E-state index in [0.29, 0.717) is 6.54 Å². The molecule has 0 bridgehead atoms. The van der Waals surface area contributed by atoms with Crippen molar-refractivity contribution < 1.29 is 14.4 Å². The van der Waals surface area contributed by atoms with Gasteiger partial charge in [-0.3, -0.25) is 4.79 Å². The minimum Gasteiger partial charge on any atom is -0.370 e. The Labute approximate surface area is 155 Å². The van der Waals surface area contributed by atoms with Crippen molar-refractivity contribution in [3.8, 4) is 11.1 Å². The first kappa shape index (κ1) is 17.3. The highest BCUT2D eigenvalue weighted by Crippen LogP contribution is 2.44. The van der Waals surface area contributed by atoms with Gasteiger partial charge in [-0.2, -0.15) is 0 Å². The Morgan fingerprint density at radius 1 is 1.04 bits per heavy atom. The van der Waals surface area contributed by atoms with E-state index in [1.54, 1.807) is 0 Å². The highest BCUT2D eigenvalue weighted by Gasteiger charge is 2.36. The van der Waals surface area contributed by atoms with Gasteiger partial charge in [-0.05, 0) is 36.1 Å². The predicted molar refractivity (Wildman–Crippen MR) is 102 cm³/mol. The third kappa shape index (κ3) is 3.04. The molecule has 136 valence electrons. The zero-order chi connectivity index (χ0) is 18.1. The molecule has 2 aromatic carbocycles. The lowest BCUT2D eigenvalue weighted by molar-refractivity contribution is -0.954. The maximum atomic E-state index is 13.2. The molecule has 0 radical (unpaired) electrons. The van der Waals surface area contributed by atoms with Crippen molar-refractivity contribution in [2.24, 2.45) is 0 Å². The molecule has 4 nitrogen and oxygen atoms in total. The molecule has 2 N–H and O–H groups in total. The summed E-state index contributed by atoms with van der Waals surface area (Å²) >= 11 is 0. The van der Waals surface area contributed by atoms with Crippen molar-refractivity contribution in [1.29, 1.82) is 0 Å². The Kier molecular flexibility index (Phi) is 4.55. The third-order valence-electron chi connectivity index (χ3n) is 5.85. The summed E-state index contributed by atoms with van der Waals surface area (Å²) in [6.45, 7) is 8.72. The smallest absolute Gasteiger partial charge is 0.232 e. The zero-order valence-electron chi connectivity index (χ0n) is 15.5. The number of amides is 1. The summed E-state index contributed by atoms with van der Waals surface area (Å²) < 4.78 is 5.47. The van der Waals surface area contributed by atoms with E-state index < -0.39 is 0 Å². The Morgan fingerprint density at radius 3 is 2.15 bits per heavy atom. The second-order valence-electron chi connectivity index (χ2n) is 7.93. The number of carbonyl (C=O) groups excluding carboxylic acids is 1. The van der Waals surface area contributed by atoms with Crippen LogP contribution in [-0.2, 0) is 9.53 Å². The molecule has 1 heterocycles. The number of quaternary nitrogens is 1. The number of morpholine rings is 1. The summed E-state index contributed by atoms with van der Waals surface area (Å²) in [5, 5.41) is 3.24. The standard InChI is InChI=1S/C22H26N2O2/c1-22(2,24-11-13-26-14-12-24)15-23-21(25)20-18-9-5-3-7-16(18)17-8-4-6-10-19(17)20/h3-10,20H,11-15H2,1-2H3,(H,23,25)/p+1. The molecule has 2 aromatic rings. The Bertz CT molecular complexity index is 764. The van der Waals surface area contributed by atoms with Crippen molar-refractivity contribution in [2.75, 3.05) is 32.8 Å². The van der Waals surface area contributed by atoms with E-state index in [-0.39, 0.29) is 17.4 Å². The van der Waals surface area contributed by atoms with E-state index in [1.165, 1.54) is 16.0 Å². The second kappa shape index (κ2) is 6.86. The fourth-order valence-corrected chi connectivity index (χ4v) is 4.27. The van der Waals surface area contributed by atoms with Crippen LogP contribution >= 0.6 is 0 Å². The largest absolute Gasteiger partial charge is 0.370 e. The first-order valence-electron chi connectivity index (χ1n) is 9.47. The van der Waals surface area contributed by atoms with Gasteiger partial charge in [-0.25, -0.2) is 0 Å². The van der Waals surface area contributed by atoms with E-state index >= 15 is 0 Å². The number of fused-ring (bicyclic) bond motifs is 3. The third-order valence-corrected chi connectivity index (χ3v) is 5.85. The molecule has 1 amide bonds. The number of nitrogens with one attached hydrogen (secondary N) is 2. The van der Waals surface area contributed by atoms with Gasteiger partial charge in [0.15, 0.2) is 0 Å². The molecule has 1 aliphatic carbocycles. The fraction of sp³-hybridized carbons (Fsp3) is 0.409. The monoisotopic (exact) mass is 351 g/mol. The van der Waals surface area contributed by atoms with Gasteiger partial charge in [0.1, 0.15) is 18.6 Å². The van der Waals surface area contributed by atoms with Crippen molar-refractivity contribution in [3.05, 3.63) is 59.7 Å². The maximum Gasteiger partial charge on any atom is 0.232 e. The number of hydrogen-bond donors (Lipinski definition) is 2. The van der Waals surface area contributed by atoms with E-state index in [9.17, 15) is 4.79 Å². The lowest BCUT2D eigenvalue weighted by Crippen LogP contribution is -3.22. The molecule has 1 fully saturated rings. The number of hydrogen-bond acceptors (Lipinski definition) is 2. The van der Waals surface area contributed by atoms with Crippen LogP contribution in [0.5, 0.6) is 0 Å². The van der Waals surface area contributed by atoms with Crippen molar-refractivity contribution in [2.45, 2.75) is 25.3 Å². The number of benzene rings is 2. The van der Waals surface area contributed by atoms with Crippen LogP contribution in [0, 0.1) is 0 Å². The fourth-order valence-electron chi connectivity index (χ4n) is 4.27. The van der Waals surface area contributed by atoms with Crippen LogP contribution in [0.4, 0.5) is 0 Å². The summed E-state index contributed by atoms with van der Waals surface area (Å²) in [5.74, 6) is -0.110. The van der Waals surface area contributed by atoms with Crippen LogP contribution in [0.2, 0.25) is 0 Å². The quantitative estimate of drug-likeness (QED) is 0.879. The van der Waals surface area contributed by atoms with E-state index in [0.717, 1.165) is 37.4 Å². The molecule has 1 aliphatic heterocycles. The van der Waals surface area contributed by atoms with E-state index in [2.05, 4.69) is 43.4 Å². The van der Waals surface area contributed by atoms with Crippen LogP contribution in [0.25, 0.3) is 11.1 Å². The summed E-state index contributed by atoms with van der Waals surface area (Å²) in [7, 11) is 0. The number of carbonyl (C=O) groups is 1. The lowest BCUT2D eigenvalue weighted by atomic mass is 9.95. The SMILES string of the molecule is CC(C)(CNC(=O)C1c2ccccc2-c2ccccc21)[NH+]1CCOCC1. The van der Waals surface area contributed by atoms with Crippen LogP contribution in [0.15, 0.2) is 48.5 Å². The summed E-state index contributed by atoms with van der Waals surface area (Å²) in [6, 6.07) is 16.5. The molecule has 26 heavy (non-hydrogen) atoms. The molecule has 2 aliphatic rings. The van der Waals surface area contributed by atoms with Gasteiger partial charge in [-0.1, -0.05) is 48.5 Å². The van der Waals surface area contributed by atoms with Gasteiger partial charge in [0.05, 0.1) is 25.7 Å². The van der Waals surface area contributed by atoms with Crippen molar-refractivity contribution in [1.82, 2.24) is 5.32 Å². The number of ether oxygens (including phenoxy) is 1. The second-order valence-corrected chi connectivity index (χ2v) is 7.93. The molecule has 0 spiro atoms. The topological polar surface area (TPSA) is 42.8 Å². The van der Waals surface area contributed by atoms with E-state index in [4.69, 9.17) is 4.74 Å². The highest BCUT2D eigenvalue weighted by molar-refractivity contribution is 5.96. The van der Waals surface area contributed by atoms with Crippen LogP contribution in [0.1, 0.15) is 30.9 Å². The molecule has 1 saturated heterocycles. The van der Waals surface area contributed by atoms with Gasteiger partial charge >= 0.3 is 0 Å². The molecular weight excluding hydrogens is 324 g/mol. The molecule has 4 heteroatoms. The highest BCUT2D eigenvalue weighted by atomic mass is 16.5. The first-order valence-corrected chi connectivity index (χ1v) is 9.47. The van der Waals surface area contributed by atoms with Gasteiger partial charge in [-0.15, -0.1) is 0 Å². The van der Waals surface area contributed by atoms with Crippen molar-refractivity contribution >= 4 is 5.91 Å². The first-order chi connectivity index (χ1) is 12.6. The van der Waals surface area contributed by atoms with E-state index in [1.807, 2.05) is 24.3 Å². The minimum absolute atomic E-state index is 0.00290. The Hall–Kier alpha value is -2.17. The molecule has 0 unspecified atom stereocenters. The zero-order valence-corrected chi connectivity index (χ0v) is 15.5. The maximum absolute atomic E-state index is 13.2. The Morgan fingerprint density at radius 2 is 1.58 bits per heavy atom. The summed E-state index contributed by atoms with van der Waals surface area (Å²) in [4.78, 5) is 14.7. The van der Waals surface area contributed by atoms with Crippen LogP contribution in [-0.4, -0.2) is 44.3 Å². The normalized spacial score (nSPS) is 17.6. The average molecular weight is 351 g/mol. The molecule has 0 aromatic heterocycles. The molecule has 0 atom stereocenters. The Balaban J connectivity index is 1.53. The minimum atomic E-state index is -0.210. The molecular formula is C22H27N2O2+. The van der Waals surface area contributed by atoms with Gasteiger partial charge in [0, 0.05) is 0 Å². The lowest BCUT2D eigenvalue weighted by Gasteiger charge is -2.37. The average Bonchev–Trinajstić information content (AvgIpc) is 3.01. The number of rotatable bonds is 4. The summed E-state index contributed by atoms with van der Waals surface area (Å²) in [6.07, 6.45) is 0. The predicted octanol–water partition coefficient (Wildman–Crippen LogP) is 1.61. The molecule has 4 rings (SSSR count).